The molecule has 1 heterocycles. The summed E-state index contributed by atoms with van der Waals surface area (Å²) in [4.78, 5) is 10.6. The maximum Gasteiger partial charge on any atom is 0.416 e. The van der Waals surface area contributed by atoms with E-state index in [9.17, 15) is 18.0 Å². The quantitative estimate of drug-likeness (QED) is 0.929. The number of hydrogen-bond acceptors (Lipinski definition) is 3. The molecule has 4 nitrogen and oxygen atoms in total. The molecule has 1 aromatic carbocycles. The van der Waals surface area contributed by atoms with E-state index in [0.29, 0.717) is 5.56 Å². The van der Waals surface area contributed by atoms with Crippen LogP contribution in [-0.4, -0.2) is 29.6 Å². The smallest absolute Gasteiger partial charge is 0.416 e. The van der Waals surface area contributed by atoms with Gasteiger partial charge in [-0.1, -0.05) is 12.1 Å². The largest absolute Gasteiger partial charge is 0.481 e. The summed E-state index contributed by atoms with van der Waals surface area (Å²) < 4.78 is 48.4. The summed E-state index contributed by atoms with van der Waals surface area (Å²) in [6, 6.07) is 4.74. The Hall–Kier alpha value is -1.60. The second-order valence-corrected chi connectivity index (χ2v) is 5.15. The lowest BCUT2D eigenvalue weighted by atomic mass is 10.0. The average molecular weight is 304 g/mol. The average Bonchev–Trinajstić information content (AvgIpc) is 2.69. The number of rotatable bonds is 4. The van der Waals surface area contributed by atoms with E-state index in [1.54, 1.807) is 6.92 Å². The first-order valence-corrected chi connectivity index (χ1v) is 6.38. The molecule has 1 aromatic rings. The first kappa shape index (κ1) is 15.8. The summed E-state index contributed by atoms with van der Waals surface area (Å²) in [6.07, 6.45) is -4.82. The maximum atomic E-state index is 12.5. The summed E-state index contributed by atoms with van der Waals surface area (Å²) in [7, 11) is 0. The number of benzene rings is 1. The molecule has 0 aliphatic carbocycles. The van der Waals surface area contributed by atoms with Crippen molar-refractivity contribution < 1.29 is 32.5 Å². The number of hydrogen-bond donors (Lipinski definition) is 1. The van der Waals surface area contributed by atoms with Crippen molar-refractivity contribution in [3.63, 3.8) is 0 Å². The molecule has 1 N–H and O–H groups in total. The second-order valence-electron chi connectivity index (χ2n) is 5.15. The molecule has 21 heavy (non-hydrogen) atoms. The van der Waals surface area contributed by atoms with Gasteiger partial charge in [-0.25, -0.2) is 0 Å². The van der Waals surface area contributed by atoms with E-state index < -0.39 is 29.6 Å². The number of alkyl halides is 3. The van der Waals surface area contributed by atoms with Crippen molar-refractivity contribution in [1.82, 2.24) is 0 Å². The number of carboxylic acids is 1. The summed E-state index contributed by atoms with van der Waals surface area (Å²) in [6.45, 7) is 1.80. The lowest BCUT2D eigenvalue weighted by Gasteiger charge is -2.23. The van der Waals surface area contributed by atoms with Gasteiger partial charge < -0.3 is 14.6 Å². The van der Waals surface area contributed by atoms with Crippen LogP contribution in [0.15, 0.2) is 24.3 Å². The predicted octanol–water partition coefficient (Wildman–Crippen LogP) is 2.85. The van der Waals surface area contributed by atoms with Gasteiger partial charge in [-0.3, -0.25) is 4.79 Å². The molecule has 0 radical (unpaired) electrons. The number of carboxylic acid groups (broad SMARTS) is 1. The van der Waals surface area contributed by atoms with Gasteiger partial charge in [0.2, 0.25) is 0 Å². The van der Waals surface area contributed by atoms with Crippen LogP contribution in [0.4, 0.5) is 13.2 Å². The number of halogens is 3. The van der Waals surface area contributed by atoms with Crippen LogP contribution in [0.5, 0.6) is 0 Å². The molecule has 2 unspecified atom stereocenters. The molecule has 2 atom stereocenters. The van der Waals surface area contributed by atoms with Crippen molar-refractivity contribution in [2.45, 2.75) is 37.8 Å². The fraction of sp³-hybridized carbons (Fsp3) is 0.500. The molecule has 1 aliphatic heterocycles. The van der Waals surface area contributed by atoms with Crippen LogP contribution >= 0.6 is 0 Å². The number of carbonyl (C=O) groups is 1. The Morgan fingerprint density at radius 1 is 1.38 bits per heavy atom. The normalized spacial score (nSPS) is 26.0. The van der Waals surface area contributed by atoms with Gasteiger partial charge in [0.25, 0.3) is 0 Å². The van der Waals surface area contributed by atoms with E-state index in [4.69, 9.17) is 14.6 Å². The zero-order valence-corrected chi connectivity index (χ0v) is 11.3. The molecule has 1 aliphatic rings. The molecule has 0 bridgehead atoms. The van der Waals surface area contributed by atoms with E-state index in [1.807, 2.05) is 0 Å². The molecular weight excluding hydrogens is 289 g/mol. The van der Waals surface area contributed by atoms with Crippen LogP contribution in [0.1, 0.15) is 24.5 Å². The lowest BCUT2D eigenvalue weighted by molar-refractivity contribution is -0.158. The molecule has 0 aromatic heterocycles. The van der Waals surface area contributed by atoms with Crippen LogP contribution in [0, 0.1) is 0 Å². The van der Waals surface area contributed by atoms with Crippen molar-refractivity contribution in [1.29, 1.82) is 0 Å². The van der Waals surface area contributed by atoms with Crippen molar-refractivity contribution in [2.24, 2.45) is 0 Å². The molecule has 2 rings (SSSR count). The highest BCUT2D eigenvalue weighted by Crippen LogP contribution is 2.31. The van der Waals surface area contributed by atoms with E-state index >= 15 is 0 Å². The first-order chi connectivity index (χ1) is 9.68. The third-order valence-corrected chi connectivity index (χ3v) is 3.20. The van der Waals surface area contributed by atoms with Crippen LogP contribution in [0.3, 0.4) is 0 Å². The molecule has 1 fully saturated rings. The molecule has 0 spiro atoms. The van der Waals surface area contributed by atoms with Crippen molar-refractivity contribution in [3.05, 3.63) is 35.4 Å². The van der Waals surface area contributed by atoms with Crippen molar-refractivity contribution in [3.8, 4) is 0 Å². The highest BCUT2D eigenvalue weighted by Gasteiger charge is 2.38. The van der Waals surface area contributed by atoms with E-state index in [2.05, 4.69) is 0 Å². The van der Waals surface area contributed by atoms with Crippen LogP contribution < -0.4 is 0 Å². The Morgan fingerprint density at radius 2 is 2.00 bits per heavy atom. The molecule has 116 valence electrons. The Kier molecular flexibility index (Phi) is 4.25. The summed E-state index contributed by atoms with van der Waals surface area (Å²) in [5.41, 5.74) is -0.0881. The van der Waals surface area contributed by atoms with Gasteiger partial charge in [-0.05, 0) is 24.6 Å². The minimum Gasteiger partial charge on any atom is -0.481 e. The van der Waals surface area contributed by atoms with Gasteiger partial charge in [0, 0.05) is 6.42 Å². The number of aliphatic carboxylic acids is 1. The topological polar surface area (TPSA) is 55.8 Å². The summed E-state index contributed by atoms with van der Waals surface area (Å²) in [5, 5.41) is 8.70. The molecule has 1 saturated heterocycles. The third-order valence-electron chi connectivity index (χ3n) is 3.20. The Balaban J connectivity index is 2.00. The van der Waals surface area contributed by atoms with E-state index in [-0.39, 0.29) is 19.4 Å². The highest BCUT2D eigenvalue weighted by molar-refractivity contribution is 5.67. The molecule has 7 heteroatoms. The molecule has 0 amide bonds. The van der Waals surface area contributed by atoms with Gasteiger partial charge in [-0.15, -0.1) is 0 Å². The van der Waals surface area contributed by atoms with Crippen molar-refractivity contribution in [2.75, 3.05) is 6.61 Å². The van der Waals surface area contributed by atoms with Gasteiger partial charge in [0.1, 0.15) is 0 Å². The first-order valence-electron chi connectivity index (χ1n) is 6.38. The molecular formula is C14H15F3O4. The Morgan fingerprint density at radius 3 is 2.52 bits per heavy atom. The van der Waals surface area contributed by atoms with Gasteiger partial charge in [-0.2, -0.15) is 13.2 Å². The van der Waals surface area contributed by atoms with Crippen molar-refractivity contribution >= 4 is 5.97 Å². The van der Waals surface area contributed by atoms with Crippen LogP contribution in [0.2, 0.25) is 0 Å². The minimum absolute atomic E-state index is 0.156. The maximum absolute atomic E-state index is 12.5. The fourth-order valence-electron chi connectivity index (χ4n) is 2.26. The summed E-state index contributed by atoms with van der Waals surface area (Å²) >= 11 is 0. The van der Waals surface area contributed by atoms with E-state index in [0.717, 1.165) is 12.1 Å². The Labute approximate surface area is 119 Å². The predicted molar refractivity (Wildman–Crippen MR) is 66.6 cm³/mol. The van der Waals surface area contributed by atoms with Crippen LogP contribution in [0.25, 0.3) is 0 Å². The standard InChI is InChI=1S/C14H15F3O4/c1-13(20-8-11(21-13)6-12(18)19)7-9-2-4-10(5-3-9)14(15,16)17/h2-5,11H,6-8H2,1H3,(H,18,19). The minimum atomic E-state index is -4.37. The fourth-order valence-corrected chi connectivity index (χ4v) is 2.26. The zero-order chi connectivity index (χ0) is 15.7. The van der Waals surface area contributed by atoms with Gasteiger partial charge >= 0.3 is 12.1 Å². The zero-order valence-electron chi connectivity index (χ0n) is 11.3. The lowest BCUT2D eigenvalue weighted by Crippen LogP contribution is -2.30. The SMILES string of the molecule is CC1(Cc2ccc(C(F)(F)F)cc2)OCC(CC(=O)O)O1. The Bertz CT molecular complexity index is 512. The second kappa shape index (κ2) is 5.65. The highest BCUT2D eigenvalue weighted by atomic mass is 19.4. The monoisotopic (exact) mass is 304 g/mol. The van der Waals surface area contributed by atoms with Crippen LogP contribution in [-0.2, 0) is 26.9 Å². The van der Waals surface area contributed by atoms with Gasteiger partial charge in [0.15, 0.2) is 5.79 Å². The summed E-state index contributed by atoms with van der Waals surface area (Å²) in [5.74, 6) is -2.00. The van der Waals surface area contributed by atoms with E-state index in [1.165, 1.54) is 12.1 Å². The number of ether oxygens (including phenoxy) is 2. The third kappa shape index (κ3) is 4.18. The molecule has 0 saturated carbocycles. The van der Waals surface area contributed by atoms with Gasteiger partial charge in [0.05, 0.1) is 24.7 Å².